The molecule has 0 aliphatic carbocycles. The molecule has 0 aliphatic rings. The van der Waals surface area contributed by atoms with Crippen molar-refractivity contribution in [2.24, 2.45) is 0 Å². The molecule has 0 saturated carbocycles. The Balaban J connectivity index is 4.43. The number of hydrogen-bond acceptors (Lipinski definition) is 4. The minimum Gasteiger partial charge on any atom is -0.166 e. The Kier molecular flexibility index (Phi) is 17.7. The van der Waals surface area contributed by atoms with Gasteiger partial charge in [-0.3, -0.25) is 0 Å². The van der Waals surface area contributed by atoms with Crippen molar-refractivity contribution >= 4 is 55.1 Å². The molecule has 0 N–H and O–H groups in total. The van der Waals surface area contributed by atoms with E-state index in [0.717, 1.165) is 0 Å². The van der Waals surface area contributed by atoms with Crippen LogP contribution < -0.4 is 0 Å². The molecular weight excluding hydrogens is 349 g/mol. The molecule has 0 saturated heterocycles. The second kappa shape index (κ2) is 16.5. The van der Waals surface area contributed by atoms with Crippen LogP contribution in [0.5, 0.6) is 0 Å². The molecule has 128 valence electrons. The fourth-order valence-corrected chi connectivity index (χ4v) is 14.7. The Morgan fingerprint density at radius 3 is 1.29 bits per heavy atom. The van der Waals surface area contributed by atoms with Crippen molar-refractivity contribution in [2.75, 3.05) is 47.0 Å². The molecule has 0 unspecified atom stereocenters. The van der Waals surface area contributed by atoms with Crippen LogP contribution in [0.2, 0.25) is 24.2 Å². The Morgan fingerprint density at radius 2 is 0.952 bits per heavy atom. The zero-order chi connectivity index (χ0) is 15.8. The zero-order valence-corrected chi connectivity index (χ0v) is 18.9. The van der Waals surface area contributed by atoms with Gasteiger partial charge in [0.1, 0.15) is 0 Å². The van der Waals surface area contributed by atoms with Gasteiger partial charge < -0.3 is 0 Å². The second-order valence-corrected chi connectivity index (χ2v) is 15.1. The standard InChI is InChI=1S/C16H36S4Si/c1-5-7-19-11-15-21(13-9-17-3,14-10-18-4)16-12-20-8-6-2/h5-16H2,1-4H3. The summed E-state index contributed by atoms with van der Waals surface area (Å²) < 4.78 is 0. The summed E-state index contributed by atoms with van der Waals surface area (Å²) in [6.45, 7) is 4.61. The van der Waals surface area contributed by atoms with Gasteiger partial charge in [-0.2, -0.15) is 47.0 Å². The Hall–Kier alpha value is 1.62. The third-order valence-electron chi connectivity index (χ3n) is 3.92. The first-order valence-electron chi connectivity index (χ1n) is 8.38. The van der Waals surface area contributed by atoms with E-state index in [0.29, 0.717) is 0 Å². The molecule has 0 bridgehead atoms. The highest BCUT2D eigenvalue weighted by atomic mass is 32.2. The van der Waals surface area contributed by atoms with Crippen LogP contribution in [0.15, 0.2) is 0 Å². The van der Waals surface area contributed by atoms with E-state index in [-0.39, 0.29) is 0 Å². The lowest BCUT2D eigenvalue weighted by Crippen LogP contribution is -2.37. The Labute approximate surface area is 152 Å². The third kappa shape index (κ3) is 12.7. The fraction of sp³-hybridized carbons (Fsp3) is 1.00. The first-order valence-corrected chi connectivity index (χ1v) is 16.3. The smallest absolute Gasteiger partial charge is 0.0568 e. The summed E-state index contributed by atoms with van der Waals surface area (Å²) in [4.78, 5) is 0. The van der Waals surface area contributed by atoms with Crippen molar-refractivity contribution in [3.05, 3.63) is 0 Å². The predicted molar refractivity (Wildman–Crippen MR) is 117 cm³/mol. The normalized spacial score (nSPS) is 12.0. The van der Waals surface area contributed by atoms with E-state index in [1.54, 1.807) is 24.2 Å². The number of thioether (sulfide) groups is 4. The molecule has 0 fully saturated rings. The summed E-state index contributed by atoms with van der Waals surface area (Å²) in [7, 11) is -1.02. The van der Waals surface area contributed by atoms with Crippen molar-refractivity contribution in [3.8, 4) is 0 Å². The highest BCUT2D eigenvalue weighted by molar-refractivity contribution is 8.00. The molecule has 0 rings (SSSR count). The molecule has 0 radical (unpaired) electrons. The number of hydrogen-bond donors (Lipinski definition) is 0. The highest BCUT2D eigenvalue weighted by Crippen LogP contribution is 2.32. The van der Waals surface area contributed by atoms with Crippen molar-refractivity contribution in [2.45, 2.75) is 50.9 Å². The van der Waals surface area contributed by atoms with Gasteiger partial charge in [0.2, 0.25) is 0 Å². The van der Waals surface area contributed by atoms with E-state index in [9.17, 15) is 0 Å². The Morgan fingerprint density at radius 1 is 0.571 bits per heavy atom. The molecule has 0 aromatic heterocycles. The molecule has 0 aromatic rings. The van der Waals surface area contributed by atoms with Crippen molar-refractivity contribution in [1.82, 2.24) is 0 Å². The SMILES string of the molecule is CCCSCC[Si](CCSC)(CCSC)CCSCCC. The maximum atomic E-state index is 2.31. The lowest BCUT2D eigenvalue weighted by Gasteiger charge is -2.32. The lowest BCUT2D eigenvalue weighted by molar-refractivity contribution is 1.09. The van der Waals surface area contributed by atoms with Gasteiger partial charge in [-0.25, -0.2) is 0 Å². The Bertz CT molecular complexity index is 192. The molecule has 0 heterocycles. The van der Waals surface area contributed by atoms with E-state index in [4.69, 9.17) is 0 Å². The largest absolute Gasteiger partial charge is 0.166 e. The first-order chi connectivity index (χ1) is 10.2. The van der Waals surface area contributed by atoms with E-state index in [2.05, 4.69) is 73.4 Å². The van der Waals surface area contributed by atoms with Gasteiger partial charge in [0.25, 0.3) is 0 Å². The average molecular weight is 385 g/mol. The van der Waals surface area contributed by atoms with Crippen LogP contribution in [0.4, 0.5) is 0 Å². The minimum atomic E-state index is -1.02. The van der Waals surface area contributed by atoms with Crippen LogP contribution >= 0.6 is 47.0 Å². The predicted octanol–water partition coefficient (Wildman–Crippen LogP) is 6.45. The topological polar surface area (TPSA) is 0 Å². The van der Waals surface area contributed by atoms with Gasteiger partial charge in [-0.1, -0.05) is 13.8 Å². The molecule has 0 amide bonds. The van der Waals surface area contributed by atoms with Crippen molar-refractivity contribution in [3.63, 3.8) is 0 Å². The molecule has 5 heteroatoms. The average Bonchev–Trinajstić information content (AvgIpc) is 2.51. The lowest BCUT2D eigenvalue weighted by atomic mass is 10.6. The molecule has 0 spiro atoms. The van der Waals surface area contributed by atoms with Crippen LogP contribution in [0.25, 0.3) is 0 Å². The van der Waals surface area contributed by atoms with Gasteiger partial charge in [0.05, 0.1) is 8.07 Å². The van der Waals surface area contributed by atoms with Gasteiger partial charge in [0, 0.05) is 0 Å². The third-order valence-corrected chi connectivity index (χ3v) is 14.2. The summed E-state index contributed by atoms with van der Waals surface area (Å²) >= 11 is 8.54. The molecule has 0 nitrogen and oxygen atoms in total. The maximum absolute atomic E-state index is 2.31. The number of rotatable bonds is 16. The molecule has 0 atom stereocenters. The van der Waals surface area contributed by atoms with Crippen LogP contribution in [-0.4, -0.2) is 55.1 Å². The van der Waals surface area contributed by atoms with Gasteiger partial charge in [-0.15, -0.1) is 0 Å². The van der Waals surface area contributed by atoms with Crippen LogP contribution in [0.1, 0.15) is 26.7 Å². The zero-order valence-electron chi connectivity index (χ0n) is 14.6. The van der Waals surface area contributed by atoms with E-state index in [1.807, 2.05) is 0 Å². The van der Waals surface area contributed by atoms with Gasteiger partial charge in [-0.05, 0) is 84.0 Å². The van der Waals surface area contributed by atoms with Crippen molar-refractivity contribution < 1.29 is 0 Å². The molecular formula is C16H36S4Si. The summed E-state index contributed by atoms with van der Waals surface area (Å²) in [6, 6.07) is 6.28. The fourth-order valence-electron chi connectivity index (χ4n) is 2.46. The van der Waals surface area contributed by atoms with Crippen LogP contribution in [0, 0.1) is 0 Å². The summed E-state index contributed by atoms with van der Waals surface area (Å²) in [5.41, 5.74) is 0. The maximum Gasteiger partial charge on any atom is 0.0568 e. The summed E-state index contributed by atoms with van der Waals surface area (Å²) in [5, 5.41) is 0. The summed E-state index contributed by atoms with van der Waals surface area (Å²) in [6.07, 6.45) is 7.24. The monoisotopic (exact) mass is 384 g/mol. The molecule has 0 aliphatic heterocycles. The van der Waals surface area contributed by atoms with Crippen LogP contribution in [0.3, 0.4) is 0 Å². The first kappa shape index (κ1) is 22.6. The van der Waals surface area contributed by atoms with Crippen LogP contribution in [-0.2, 0) is 0 Å². The van der Waals surface area contributed by atoms with E-state index in [1.165, 1.54) is 47.4 Å². The quantitative estimate of drug-likeness (QED) is 0.221. The minimum absolute atomic E-state index is 1.02. The van der Waals surface area contributed by atoms with E-state index < -0.39 is 8.07 Å². The van der Waals surface area contributed by atoms with Crippen molar-refractivity contribution in [1.29, 1.82) is 0 Å². The van der Waals surface area contributed by atoms with E-state index >= 15 is 0 Å². The highest BCUT2D eigenvalue weighted by Gasteiger charge is 2.30. The summed E-state index contributed by atoms with van der Waals surface area (Å²) in [5.74, 6) is 8.39. The second-order valence-electron chi connectivity index (χ2n) is 5.71. The van der Waals surface area contributed by atoms with Gasteiger partial charge >= 0.3 is 0 Å². The van der Waals surface area contributed by atoms with Gasteiger partial charge in [0.15, 0.2) is 0 Å². The molecule has 0 aromatic carbocycles. The molecule has 21 heavy (non-hydrogen) atoms.